The molecule has 0 aromatic rings. The van der Waals surface area contributed by atoms with Crippen molar-refractivity contribution in [2.75, 3.05) is 0 Å². The van der Waals surface area contributed by atoms with Crippen molar-refractivity contribution < 1.29 is 0 Å². The van der Waals surface area contributed by atoms with Crippen LogP contribution in [-0.4, -0.2) is 0 Å². The van der Waals surface area contributed by atoms with E-state index in [1.807, 2.05) is 0 Å². The van der Waals surface area contributed by atoms with Gasteiger partial charge in [0.05, 0.1) is 0 Å². The van der Waals surface area contributed by atoms with Gasteiger partial charge < -0.3 is 0 Å². The Hall–Kier alpha value is 0. The Morgan fingerprint density at radius 1 is 0.273 bits per heavy atom. The van der Waals surface area contributed by atoms with Crippen molar-refractivity contribution in [3.05, 3.63) is 0 Å². The van der Waals surface area contributed by atoms with Crippen LogP contribution in [0, 0.1) is 151 Å². The highest BCUT2D eigenvalue weighted by molar-refractivity contribution is 4.92. The SMILES string of the molecule is CC(C(C)(C)C)C(C)(C)C.CC(C)(C)C(C)(C)C.CC(C)(C)C(C)(C)C(C)(C)C.CC(C)C(C)(C)C(C)(C)C.CC(C)C(C)(C)C(C)C.CC(C)[C@@H](C)C(C)(C)C.CC1CCCC[C@H]1C.CCC(C)(C)C(C)(C)C.CCC(C)(C)C(C)(C)C.CCC(C)(C)C(C)C.CC[C@@H](C)C(C)(C)C. The fourth-order valence-corrected chi connectivity index (χ4v) is 8.54. The second-order valence-electron chi connectivity index (χ2n) is 49.1. The van der Waals surface area contributed by atoms with Gasteiger partial charge in [0.2, 0.25) is 0 Å². The van der Waals surface area contributed by atoms with Crippen molar-refractivity contribution in [2.24, 2.45) is 151 Å². The van der Waals surface area contributed by atoms with Gasteiger partial charge in [0.25, 0.3) is 0 Å². The van der Waals surface area contributed by atoms with Crippen LogP contribution in [0.2, 0.25) is 0 Å². The summed E-state index contributed by atoms with van der Waals surface area (Å²) in [5, 5.41) is 0. The molecule has 0 radical (unpaired) electrons. The van der Waals surface area contributed by atoms with Crippen LogP contribution in [0.4, 0.5) is 0 Å². The van der Waals surface area contributed by atoms with E-state index in [0.717, 1.165) is 59.2 Å². The molecule has 0 nitrogen and oxygen atoms in total. The molecule has 0 saturated heterocycles. The van der Waals surface area contributed by atoms with Gasteiger partial charge in [0.1, 0.15) is 0 Å². The predicted octanol–water partition coefficient (Wildman–Crippen LogP) is 37.2. The highest BCUT2D eigenvalue weighted by Crippen LogP contribution is 2.51. The third kappa shape index (κ3) is 55.1. The van der Waals surface area contributed by atoms with Gasteiger partial charge in [-0.05, 0) is 151 Å². The van der Waals surface area contributed by atoms with Gasteiger partial charge >= 0.3 is 0 Å². The Morgan fingerprint density at radius 2 is 0.525 bits per heavy atom. The maximum absolute atomic E-state index is 2.38. The second-order valence-corrected chi connectivity index (χ2v) is 49.1. The molecule has 614 valence electrons. The molecule has 1 fully saturated rings. The molecule has 0 N–H and O–H groups in total. The zero-order valence-corrected chi connectivity index (χ0v) is 83.9. The van der Waals surface area contributed by atoms with Crippen molar-refractivity contribution in [3.8, 4) is 0 Å². The topological polar surface area (TPSA) is 0 Å². The lowest BCUT2D eigenvalue weighted by Crippen LogP contribution is -2.41. The van der Waals surface area contributed by atoms with Crippen LogP contribution >= 0.6 is 0 Å². The summed E-state index contributed by atoms with van der Waals surface area (Å²) in [7, 11) is 0. The van der Waals surface area contributed by atoms with Gasteiger partial charge in [-0.2, -0.15) is 0 Å². The number of rotatable bonds is 9. The van der Waals surface area contributed by atoms with Crippen LogP contribution < -0.4 is 0 Å². The second kappa shape index (κ2) is 47.0. The number of hydrogen-bond acceptors (Lipinski definition) is 0. The van der Waals surface area contributed by atoms with Crippen LogP contribution in [0.3, 0.4) is 0 Å². The lowest BCUT2D eigenvalue weighted by molar-refractivity contribution is 0.00575. The molecule has 0 amide bonds. The zero-order valence-electron chi connectivity index (χ0n) is 83.9. The average molecular weight is 1410 g/mol. The Balaban J connectivity index is -0.000000110. The Bertz CT molecular complexity index is 1760. The lowest BCUT2D eigenvalue weighted by Gasteiger charge is -2.49. The molecule has 0 heteroatoms. The minimum Gasteiger partial charge on any atom is -0.0651 e. The lowest BCUT2D eigenvalue weighted by atomic mass is 9.56. The smallest absolute Gasteiger partial charge is 0.0257 e. The molecule has 0 heterocycles. The van der Waals surface area contributed by atoms with E-state index in [1.165, 1.54) is 51.4 Å². The maximum atomic E-state index is 2.38. The van der Waals surface area contributed by atoms with E-state index >= 15 is 0 Å². The van der Waals surface area contributed by atoms with Crippen molar-refractivity contribution >= 4 is 0 Å². The molecule has 1 saturated carbocycles. The normalized spacial score (nSPS) is 16.5. The molecular weight excluding hydrogens is 1190 g/mol. The molecule has 4 atom stereocenters. The maximum Gasteiger partial charge on any atom is -0.0257 e. The minimum absolute atomic E-state index is 0.375. The first kappa shape index (κ1) is 120. The van der Waals surface area contributed by atoms with Crippen molar-refractivity contribution in [2.45, 2.75) is 494 Å². The first-order chi connectivity index (χ1) is 42.3. The summed E-state index contributed by atoms with van der Waals surface area (Å²) in [6.45, 7) is 148. The third-order valence-corrected chi connectivity index (χ3v) is 30.3. The Labute approximate surface area is 642 Å². The van der Waals surface area contributed by atoms with Crippen LogP contribution in [0.25, 0.3) is 0 Å². The van der Waals surface area contributed by atoms with Crippen LogP contribution in [0.5, 0.6) is 0 Å². The van der Waals surface area contributed by atoms with E-state index in [4.69, 9.17) is 0 Å². The van der Waals surface area contributed by atoms with E-state index in [-0.39, 0.29) is 0 Å². The third-order valence-electron chi connectivity index (χ3n) is 30.3. The largest absolute Gasteiger partial charge is 0.0651 e. The summed E-state index contributed by atoms with van der Waals surface area (Å²) >= 11 is 0. The summed E-state index contributed by atoms with van der Waals surface area (Å²) in [5.74, 6) is 8.40. The molecule has 0 bridgehead atoms. The minimum atomic E-state index is 0.375. The van der Waals surface area contributed by atoms with Gasteiger partial charge in [0.15, 0.2) is 0 Å². The molecule has 0 spiro atoms. The first-order valence-electron chi connectivity index (χ1n) is 42.3. The van der Waals surface area contributed by atoms with Crippen LogP contribution in [0.15, 0.2) is 0 Å². The molecule has 1 aliphatic carbocycles. The summed E-state index contributed by atoms with van der Waals surface area (Å²) in [6.07, 6.45) is 11.0. The Morgan fingerprint density at radius 3 is 0.545 bits per heavy atom. The summed E-state index contributed by atoms with van der Waals surface area (Å²) in [5.41, 5.74) is 7.63. The van der Waals surface area contributed by atoms with Gasteiger partial charge in [-0.15, -0.1) is 0 Å². The summed E-state index contributed by atoms with van der Waals surface area (Å²) in [4.78, 5) is 0. The fourth-order valence-electron chi connectivity index (χ4n) is 8.54. The summed E-state index contributed by atoms with van der Waals surface area (Å²) in [6, 6.07) is 0. The molecule has 1 aliphatic rings. The van der Waals surface area contributed by atoms with E-state index in [0.29, 0.717) is 92.1 Å². The quantitative estimate of drug-likeness (QED) is 0.216. The van der Waals surface area contributed by atoms with E-state index in [1.54, 1.807) is 0 Å². The predicted molar refractivity (Wildman–Crippen MR) is 476 cm³/mol. The molecule has 0 aliphatic heterocycles. The average Bonchev–Trinajstić information content (AvgIpc) is 0.794. The first-order valence-corrected chi connectivity index (χ1v) is 42.3. The van der Waals surface area contributed by atoms with Gasteiger partial charge in [-0.1, -0.05) is 494 Å². The number of hydrogen-bond donors (Lipinski definition) is 0. The van der Waals surface area contributed by atoms with Crippen molar-refractivity contribution in [1.29, 1.82) is 0 Å². The fraction of sp³-hybridized carbons (Fsp3) is 1.00. The highest BCUT2D eigenvalue weighted by Gasteiger charge is 2.42. The molecule has 1 unspecified atom stereocenters. The molecule has 99 heavy (non-hydrogen) atoms. The monoisotopic (exact) mass is 1410 g/mol. The standard InChI is InChI=1S/C11H24.2C10H22.4C9H20.C8H16.3C8H18/c1-9(2,3)11(7,8)10(4,5)6;1-8(9(2,3)4)10(5,6)7;1-8(2)10(6,7)9(3,4)5;2*1-7-9(5,6)8(2,3)4;1-7(2)8(3)9(4,5)6;1-7(2)9(5,6)8(3)4;1-7-5-3-4-6-8(7)2;1-7(2,3)8(4,5)6;1-6-7(2)8(3,4)5;1-6-8(4,5)7(2)3/h1-8H3;2*8H,1-7H3;2*7H2,1-6H3;2*7-8H,1-6H3;7-8H,3-6H2,1-2H3;1-6H3;2*7H,6H2,1-5H3/t;;;;;8-;;7-,8?;;7-;/m.....1.1.1./s1. The molecule has 0 aromatic heterocycles. The van der Waals surface area contributed by atoms with Gasteiger partial charge in [0, 0.05) is 0 Å². The van der Waals surface area contributed by atoms with Gasteiger partial charge in [-0.25, -0.2) is 0 Å². The van der Waals surface area contributed by atoms with E-state index < -0.39 is 0 Å². The Kier molecular flexibility index (Phi) is 57.0. The zero-order chi connectivity index (χ0) is 83.9. The highest BCUT2D eigenvalue weighted by atomic mass is 14.5. The molecule has 0 aromatic carbocycles. The van der Waals surface area contributed by atoms with E-state index in [9.17, 15) is 0 Å². The van der Waals surface area contributed by atoms with Gasteiger partial charge in [-0.3, -0.25) is 0 Å². The summed E-state index contributed by atoms with van der Waals surface area (Å²) < 4.78 is 0. The van der Waals surface area contributed by atoms with Crippen molar-refractivity contribution in [3.63, 3.8) is 0 Å². The molecular formula is C99H218. The van der Waals surface area contributed by atoms with Crippen LogP contribution in [-0.2, 0) is 0 Å². The van der Waals surface area contributed by atoms with Crippen molar-refractivity contribution in [1.82, 2.24) is 0 Å². The van der Waals surface area contributed by atoms with Crippen LogP contribution in [0.1, 0.15) is 494 Å². The van der Waals surface area contributed by atoms with E-state index in [2.05, 4.69) is 443 Å². The molecule has 1 rings (SSSR count).